The molecule has 3 heteroatoms. The predicted octanol–water partition coefficient (Wildman–Crippen LogP) is 1.06. The van der Waals surface area contributed by atoms with E-state index in [1.165, 1.54) is 0 Å². The van der Waals surface area contributed by atoms with E-state index >= 15 is 0 Å². The van der Waals surface area contributed by atoms with Crippen molar-refractivity contribution in [3.05, 3.63) is 23.5 Å². The third-order valence-corrected chi connectivity index (χ3v) is 1.15. The van der Waals surface area contributed by atoms with Crippen LogP contribution in [-0.2, 0) is 0 Å². The lowest BCUT2D eigenvalue weighted by molar-refractivity contribution is 1.33. The second-order valence-electron chi connectivity index (χ2n) is 1.66. The summed E-state index contributed by atoms with van der Waals surface area (Å²) in [6.45, 7) is 3.50. The molecule has 10 heavy (non-hydrogen) atoms. The molecule has 2 aliphatic heterocycles. The molecule has 0 amide bonds. The van der Waals surface area contributed by atoms with Crippen molar-refractivity contribution in [1.82, 2.24) is 0 Å². The molecule has 2 rings (SSSR count). The number of hydrogen-bond donors (Lipinski definition) is 0. The van der Waals surface area contributed by atoms with Gasteiger partial charge in [0, 0.05) is 19.0 Å². The van der Waals surface area contributed by atoms with Crippen LogP contribution in [0.5, 0.6) is 0 Å². The van der Waals surface area contributed by atoms with Gasteiger partial charge in [0.05, 0.1) is 11.4 Å². The molecule has 48 valence electrons. The smallest absolute Gasteiger partial charge is 0.0901 e. The van der Waals surface area contributed by atoms with Crippen molar-refractivity contribution in [2.75, 3.05) is 0 Å². The van der Waals surface area contributed by atoms with E-state index in [4.69, 9.17) is 5.26 Å². The highest BCUT2D eigenvalue weighted by Crippen LogP contribution is 2.19. The summed E-state index contributed by atoms with van der Waals surface area (Å²) in [5.41, 5.74) is 1.98. The first kappa shape index (κ1) is 6.43. The maximum Gasteiger partial charge on any atom is 0.0901 e. The Labute approximate surface area is 58.7 Å². The van der Waals surface area contributed by atoms with E-state index in [0.717, 1.165) is 11.4 Å². The zero-order chi connectivity index (χ0) is 7.40. The Balaban J connectivity index is 0.000000231. The lowest BCUT2D eigenvalue weighted by Gasteiger charge is -1.83. The second kappa shape index (κ2) is 2.74. The van der Waals surface area contributed by atoms with Gasteiger partial charge in [-0.1, -0.05) is 0 Å². The molecule has 0 spiro atoms. The van der Waals surface area contributed by atoms with Gasteiger partial charge >= 0.3 is 0 Å². The largest absolute Gasteiger partial charge is 0.254 e. The molecule has 0 aromatic carbocycles. The number of nitrogens with zero attached hydrogens (tertiary/aromatic N) is 3. The molecular weight excluding hydrogens is 126 g/mol. The summed E-state index contributed by atoms with van der Waals surface area (Å²) >= 11 is 0. The van der Waals surface area contributed by atoms with Crippen molar-refractivity contribution >= 4 is 12.4 Å². The Morgan fingerprint density at radius 2 is 1.40 bits per heavy atom. The third kappa shape index (κ3) is 0.869. The van der Waals surface area contributed by atoms with Crippen molar-refractivity contribution in [2.24, 2.45) is 9.98 Å². The van der Waals surface area contributed by atoms with Crippen LogP contribution in [0.15, 0.2) is 33.5 Å². The Morgan fingerprint density at radius 3 is 1.80 bits per heavy atom. The van der Waals surface area contributed by atoms with E-state index < -0.39 is 0 Å². The van der Waals surface area contributed by atoms with Crippen LogP contribution in [0.2, 0.25) is 0 Å². The molecule has 0 N–H and O–H groups in total. The lowest BCUT2D eigenvalue weighted by atomic mass is 10.4. The maximum absolute atomic E-state index is 6.50. The monoisotopic (exact) mass is 131 g/mol. The van der Waals surface area contributed by atoms with Crippen LogP contribution in [-0.4, -0.2) is 12.4 Å². The van der Waals surface area contributed by atoms with Gasteiger partial charge in [-0.25, -0.2) is 5.26 Å². The molecule has 2 aliphatic rings. The number of nitriles is 1. The van der Waals surface area contributed by atoms with Gasteiger partial charge in [-0.05, 0) is 12.2 Å². The minimum absolute atomic E-state index is 0.991. The highest BCUT2D eigenvalue weighted by Gasteiger charge is 2.07. The number of allylic oxidation sites excluding steroid dienone is 2. The van der Waals surface area contributed by atoms with Gasteiger partial charge in [0.25, 0.3) is 0 Å². The third-order valence-electron chi connectivity index (χ3n) is 1.15. The van der Waals surface area contributed by atoms with Crippen molar-refractivity contribution in [2.45, 2.75) is 0 Å². The van der Waals surface area contributed by atoms with Gasteiger partial charge in [-0.3, -0.25) is 9.98 Å². The summed E-state index contributed by atoms with van der Waals surface area (Å²) in [5.74, 6) is 0. The molecule has 0 unspecified atom stereocenters. The summed E-state index contributed by atoms with van der Waals surface area (Å²) < 4.78 is 0. The van der Waals surface area contributed by atoms with E-state index in [1.54, 1.807) is 12.4 Å². The zero-order valence-electron chi connectivity index (χ0n) is 5.23. The summed E-state index contributed by atoms with van der Waals surface area (Å²) in [5, 5.41) is 6.50. The number of rotatable bonds is 0. The van der Waals surface area contributed by atoms with E-state index in [2.05, 4.69) is 16.6 Å². The summed E-state index contributed by atoms with van der Waals surface area (Å²) in [4.78, 5) is 8.03. The van der Waals surface area contributed by atoms with E-state index in [0.29, 0.717) is 0 Å². The molecule has 0 radical (unpaired) electrons. The number of aliphatic imine (C=N–C) groups is 2. The zero-order valence-corrected chi connectivity index (χ0v) is 5.23. The molecule has 0 aliphatic carbocycles. The fourth-order valence-electron chi connectivity index (χ4n) is 0.765. The quantitative estimate of drug-likeness (QED) is 0.485. The standard InChI is InChI=1S/C6H4N2.CHN/c1-3-7-6-2-4-8-5(1)6;1-2/h1-4H;1H. The highest BCUT2D eigenvalue weighted by molar-refractivity contribution is 5.88. The fraction of sp³-hybridized carbons (Fsp3) is 0. The van der Waals surface area contributed by atoms with Gasteiger partial charge < -0.3 is 0 Å². The highest BCUT2D eigenvalue weighted by atomic mass is 14.9. The Kier molecular flexibility index (Phi) is 1.76. The van der Waals surface area contributed by atoms with Crippen LogP contribution in [0.25, 0.3) is 0 Å². The Bertz CT molecular complexity index is 240. The van der Waals surface area contributed by atoms with Crippen molar-refractivity contribution < 1.29 is 0 Å². The first-order valence-corrected chi connectivity index (χ1v) is 2.72. The van der Waals surface area contributed by atoms with Crippen molar-refractivity contribution in [3.8, 4) is 6.57 Å². The molecule has 3 nitrogen and oxygen atoms in total. The van der Waals surface area contributed by atoms with Gasteiger partial charge in [-0.15, -0.1) is 0 Å². The average Bonchev–Trinajstić information content (AvgIpc) is 2.49. The SMILES string of the molecule is C#N.C1=NC2=CC=NC2=C1. The summed E-state index contributed by atoms with van der Waals surface area (Å²) in [6.07, 6.45) is 7.32. The van der Waals surface area contributed by atoms with Crippen molar-refractivity contribution in [3.63, 3.8) is 0 Å². The molecule has 0 fully saturated rings. The normalized spacial score (nSPS) is 17.0. The number of fused-ring (bicyclic) bond motifs is 1. The molecule has 0 bridgehead atoms. The predicted molar refractivity (Wildman–Crippen MR) is 39.8 cm³/mol. The van der Waals surface area contributed by atoms with Crippen LogP contribution in [0.1, 0.15) is 0 Å². The molecule has 0 aromatic heterocycles. The molecule has 2 heterocycles. The fourth-order valence-corrected chi connectivity index (χ4v) is 0.765. The van der Waals surface area contributed by atoms with Gasteiger partial charge in [0.2, 0.25) is 0 Å². The Morgan fingerprint density at radius 1 is 1.00 bits per heavy atom. The van der Waals surface area contributed by atoms with E-state index in [1.807, 2.05) is 12.2 Å². The van der Waals surface area contributed by atoms with Crippen LogP contribution in [0.3, 0.4) is 0 Å². The molecule has 0 saturated heterocycles. The number of hydrogen-bond acceptors (Lipinski definition) is 3. The van der Waals surface area contributed by atoms with Gasteiger partial charge in [-0.2, -0.15) is 0 Å². The van der Waals surface area contributed by atoms with E-state index in [9.17, 15) is 0 Å². The molecule has 0 aromatic rings. The van der Waals surface area contributed by atoms with Crippen LogP contribution in [0.4, 0.5) is 0 Å². The molecular formula is C7H5N3. The lowest BCUT2D eigenvalue weighted by Crippen LogP contribution is -1.66. The first-order valence-electron chi connectivity index (χ1n) is 2.72. The average molecular weight is 131 g/mol. The first-order chi connectivity index (χ1) is 4.97. The van der Waals surface area contributed by atoms with Crippen LogP contribution in [0, 0.1) is 11.8 Å². The summed E-state index contributed by atoms with van der Waals surface area (Å²) in [6, 6.07) is 0. The Hall–Kier alpha value is -1.69. The van der Waals surface area contributed by atoms with Crippen LogP contribution >= 0.6 is 0 Å². The second-order valence-corrected chi connectivity index (χ2v) is 1.66. The molecule has 0 atom stereocenters. The van der Waals surface area contributed by atoms with Crippen LogP contribution < -0.4 is 0 Å². The molecule has 0 saturated carbocycles. The van der Waals surface area contributed by atoms with Crippen molar-refractivity contribution in [1.29, 1.82) is 5.26 Å². The maximum atomic E-state index is 6.50. The van der Waals surface area contributed by atoms with E-state index in [-0.39, 0.29) is 0 Å². The minimum Gasteiger partial charge on any atom is -0.254 e. The van der Waals surface area contributed by atoms with Gasteiger partial charge in [0.15, 0.2) is 0 Å². The minimum atomic E-state index is 0.991. The van der Waals surface area contributed by atoms with Gasteiger partial charge in [0.1, 0.15) is 0 Å². The summed E-state index contributed by atoms with van der Waals surface area (Å²) in [7, 11) is 0. The topological polar surface area (TPSA) is 48.5 Å².